The van der Waals surface area contributed by atoms with Gasteiger partial charge in [-0.2, -0.15) is 0 Å². The Morgan fingerprint density at radius 1 is 0.407 bits per heavy atom. The van der Waals surface area contributed by atoms with E-state index in [0.29, 0.717) is 26.4 Å². The molecule has 0 bridgehead atoms. The molecule has 0 aliphatic carbocycles. The summed E-state index contributed by atoms with van der Waals surface area (Å²) >= 11 is 0. The van der Waals surface area contributed by atoms with Crippen LogP contribution in [0.15, 0.2) is 146 Å². The summed E-state index contributed by atoms with van der Waals surface area (Å²) in [5.41, 5.74) is 16.0. The molecule has 11 rings (SSSR count). The molecule has 4 aliphatic rings. The molecule has 0 fully saturated rings. The molecule has 0 unspecified atom stereocenters. The van der Waals surface area contributed by atoms with Crippen molar-refractivity contribution < 1.29 is 18.9 Å². The third-order valence-corrected chi connectivity index (χ3v) is 11.0. The summed E-state index contributed by atoms with van der Waals surface area (Å²) in [7, 11) is 0. The van der Waals surface area contributed by atoms with Gasteiger partial charge in [-0.15, -0.1) is 0 Å². The molecule has 0 amide bonds. The van der Waals surface area contributed by atoms with Gasteiger partial charge < -0.3 is 28.7 Å². The van der Waals surface area contributed by atoms with Crippen molar-refractivity contribution in [1.82, 2.24) is 0 Å². The first kappa shape index (κ1) is 31.0. The van der Waals surface area contributed by atoms with Crippen molar-refractivity contribution in [3.63, 3.8) is 0 Å². The van der Waals surface area contributed by atoms with Crippen molar-refractivity contribution in [2.24, 2.45) is 0 Å². The highest BCUT2D eigenvalue weighted by Gasteiger charge is 2.45. The Kier molecular flexibility index (Phi) is 7.02. The van der Waals surface area contributed by atoms with E-state index >= 15 is 0 Å². The Balaban J connectivity index is 1.16. The fraction of sp³-hybridized carbons (Fsp3) is 0.106. The highest BCUT2D eigenvalue weighted by Crippen LogP contribution is 2.48. The summed E-state index contributed by atoms with van der Waals surface area (Å²) in [6.07, 6.45) is 0. The van der Waals surface area contributed by atoms with Crippen LogP contribution >= 0.6 is 0 Å². The van der Waals surface area contributed by atoms with E-state index < -0.39 is 0 Å². The molecule has 7 aromatic rings. The molecule has 0 radical (unpaired) electrons. The van der Waals surface area contributed by atoms with Crippen LogP contribution < -0.4 is 45.1 Å². The molecule has 4 heterocycles. The lowest BCUT2D eigenvalue weighted by atomic mass is 9.33. The van der Waals surface area contributed by atoms with E-state index in [0.717, 1.165) is 68.0 Å². The number of nitrogens with zero attached hydrogens (tertiary/aromatic N) is 2. The van der Waals surface area contributed by atoms with Gasteiger partial charge >= 0.3 is 0 Å². The highest BCUT2D eigenvalue weighted by molar-refractivity contribution is 7.00. The van der Waals surface area contributed by atoms with E-state index in [1.807, 2.05) is 0 Å². The van der Waals surface area contributed by atoms with Gasteiger partial charge in [-0.05, 0) is 99.7 Å². The van der Waals surface area contributed by atoms with Crippen LogP contribution in [0.2, 0.25) is 0 Å². The van der Waals surface area contributed by atoms with E-state index in [9.17, 15) is 0 Å². The molecule has 0 saturated heterocycles. The van der Waals surface area contributed by atoms with Gasteiger partial charge in [-0.1, -0.05) is 84.9 Å². The van der Waals surface area contributed by atoms with Crippen LogP contribution in [0.4, 0.5) is 34.1 Å². The summed E-state index contributed by atoms with van der Waals surface area (Å²) in [6.45, 7) is 4.16. The van der Waals surface area contributed by atoms with Gasteiger partial charge in [-0.3, -0.25) is 0 Å². The lowest BCUT2D eigenvalue weighted by Crippen LogP contribution is -2.61. The molecule has 6 nitrogen and oxygen atoms in total. The van der Waals surface area contributed by atoms with E-state index in [2.05, 4.69) is 162 Å². The number of fused-ring (bicyclic) bond motifs is 6. The number of ether oxygens (including phenoxy) is 4. The zero-order valence-electron chi connectivity index (χ0n) is 29.8. The first-order valence-corrected chi connectivity index (χ1v) is 18.6. The number of hydrogen-bond acceptors (Lipinski definition) is 6. The van der Waals surface area contributed by atoms with Crippen molar-refractivity contribution >= 4 is 57.2 Å². The second-order valence-electron chi connectivity index (χ2n) is 14.3. The van der Waals surface area contributed by atoms with Gasteiger partial charge in [0.2, 0.25) is 0 Å². The van der Waals surface area contributed by atoms with Gasteiger partial charge in [0.15, 0.2) is 23.0 Å². The monoisotopic (exact) mass is 702 g/mol. The maximum Gasteiger partial charge on any atom is 0.252 e. The standard InChI is InChI=1S/C47H35BN2O4/c1-30-24-41-47-42(25-30)50(36-18-14-34(15-19-36)32-10-6-3-7-11-32)40-29-46-44(52-21-23-54-46)27-38(40)48(47)37-26-43-45(53-22-20-51-43)28-39(37)49(41)35-16-12-33(13-17-35)31-8-4-2-5-9-31/h2-19,24-29H,20-23H2,1H3. The topological polar surface area (TPSA) is 43.4 Å². The van der Waals surface area contributed by atoms with Gasteiger partial charge in [-0.25, -0.2) is 0 Å². The minimum absolute atomic E-state index is 0.105. The average molecular weight is 703 g/mol. The second kappa shape index (κ2) is 12.2. The fourth-order valence-corrected chi connectivity index (χ4v) is 8.62. The fourth-order valence-electron chi connectivity index (χ4n) is 8.62. The molecule has 7 aromatic carbocycles. The second-order valence-corrected chi connectivity index (χ2v) is 14.3. The van der Waals surface area contributed by atoms with Gasteiger partial charge in [0.05, 0.1) is 0 Å². The average Bonchev–Trinajstić information content (AvgIpc) is 3.23. The maximum absolute atomic E-state index is 6.26. The summed E-state index contributed by atoms with van der Waals surface area (Å²) < 4.78 is 25.0. The number of anilines is 6. The Hall–Kier alpha value is -6.60. The Morgan fingerprint density at radius 2 is 0.778 bits per heavy atom. The third kappa shape index (κ3) is 4.88. The molecule has 0 aromatic heterocycles. The lowest BCUT2D eigenvalue weighted by Gasteiger charge is -2.45. The quantitative estimate of drug-likeness (QED) is 0.171. The smallest absolute Gasteiger partial charge is 0.252 e. The number of hydrogen-bond donors (Lipinski definition) is 0. The van der Waals surface area contributed by atoms with Crippen LogP contribution in [-0.4, -0.2) is 33.1 Å². The van der Waals surface area contributed by atoms with Crippen LogP contribution in [-0.2, 0) is 0 Å². The molecule has 0 saturated carbocycles. The number of rotatable bonds is 4. The van der Waals surface area contributed by atoms with Gasteiger partial charge in [0.25, 0.3) is 6.71 Å². The maximum atomic E-state index is 6.26. The zero-order valence-corrected chi connectivity index (χ0v) is 29.8. The van der Waals surface area contributed by atoms with Gasteiger partial charge in [0.1, 0.15) is 26.4 Å². The third-order valence-electron chi connectivity index (χ3n) is 11.0. The first-order valence-electron chi connectivity index (χ1n) is 18.6. The molecule has 54 heavy (non-hydrogen) atoms. The molecular formula is C47H35BN2O4. The summed E-state index contributed by atoms with van der Waals surface area (Å²) in [5.74, 6) is 3.07. The first-order chi connectivity index (χ1) is 26.7. The molecule has 4 aliphatic heterocycles. The van der Waals surface area contributed by atoms with Crippen molar-refractivity contribution in [3.8, 4) is 45.3 Å². The van der Waals surface area contributed by atoms with E-state index in [1.165, 1.54) is 33.3 Å². The zero-order chi connectivity index (χ0) is 35.8. The summed E-state index contributed by atoms with van der Waals surface area (Å²) in [5, 5.41) is 0. The molecule has 7 heteroatoms. The van der Waals surface area contributed by atoms with Crippen molar-refractivity contribution in [3.05, 3.63) is 151 Å². The number of benzene rings is 7. The van der Waals surface area contributed by atoms with Crippen molar-refractivity contribution in [2.75, 3.05) is 36.2 Å². The molecule has 0 atom stereocenters. The van der Waals surface area contributed by atoms with Crippen molar-refractivity contribution in [2.45, 2.75) is 6.92 Å². The molecule has 0 spiro atoms. The SMILES string of the molecule is Cc1cc2c3c(c1)N(c1ccc(-c4ccccc4)cc1)c1cc4c(cc1B3c1cc3c(cc1N2c1ccc(-c2ccccc2)cc1)OCCO3)OCCO4. The predicted octanol–water partition coefficient (Wildman–Crippen LogP) is 8.95. The molecule has 260 valence electrons. The number of aryl methyl sites for hydroxylation is 1. The van der Waals surface area contributed by atoms with E-state index in [1.54, 1.807) is 0 Å². The van der Waals surface area contributed by atoms with Crippen LogP contribution in [0.3, 0.4) is 0 Å². The summed E-state index contributed by atoms with van der Waals surface area (Å²) in [4.78, 5) is 4.81. The predicted molar refractivity (Wildman–Crippen MR) is 218 cm³/mol. The molecule has 0 N–H and O–H groups in total. The summed E-state index contributed by atoms with van der Waals surface area (Å²) in [6, 6.07) is 52.3. The van der Waals surface area contributed by atoms with Crippen LogP contribution in [0.5, 0.6) is 23.0 Å². The van der Waals surface area contributed by atoms with Crippen LogP contribution in [0.1, 0.15) is 5.56 Å². The van der Waals surface area contributed by atoms with E-state index in [4.69, 9.17) is 18.9 Å². The molecular weight excluding hydrogens is 667 g/mol. The Labute approximate surface area is 314 Å². The normalized spacial score (nSPS) is 14.6. The minimum Gasteiger partial charge on any atom is -0.486 e. The Bertz CT molecular complexity index is 2400. The Morgan fingerprint density at radius 3 is 1.19 bits per heavy atom. The van der Waals surface area contributed by atoms with E-state index in [-0.39, 0.29) is 6.71 Å². The minimum atomic E-state index is -0.105. The highest BCUT2D eigenvalue weighted by atomic mass is 16.6. The lowest BCUT2D eigenvalue weighted by molar-refractivity contribution is 0.172. The van der Waals surface area contributed by atoms with Crippen molar-refractivity contribution in [1.29, 1.82) is 0 Å². The van der Waals surface area contributed by atoms with Gasteiger partial charge in [0, 0.05) is 46.3 Å². The van der Waals surface area contributed by atoms with Crippen LogP contribution in [0, 0.1) is 6.92 Å². The van der Waals surface area contributed by atoms with Crippen LogP contribution in [0.25, 0.3) is 22.3 Å². The largest absolute Gasteiger partial charge is 0.486 e.